The second-order valence-corrected chi connectivity index (χ2v) is 9.60. The van der Waals surface area contributed by atoms with Crippen molar-refractivity contribution < 1.29 is 4.79 Å². The van der Waals surface area contributed by atoms with Crippen LogP contribution in [0.4, 0.5) is 0 Å². The third-order valence-corrected chi connectivity index (χ3v) is 6.76. The molecule has 1 amide bonds. The lowest BCUT2D eigenvalue weighted by Crippen LogP contribution is -2.49. The van der Waals surface area contributed by atoms with Crippen molar-refractivity contribution in [1.29, 1.82) is 0 Å². The van der Waals surface area contributed by atoms with E-state index in [0.717, 1.165) is 42.2 Å². The Morgan fingerprint density at radius 2 is 1.87 bits per heavy atom. The second kappa shape index (κ2) is 9.32. The van der Waals surface area contributed by atoms with Gasteiger partial charge in [0.1, 0.15) is 10.7 Å². The van der Waals surface area contributed by atoms with Crippen LogP contribution in [0.15, 0.2) is 42.0 Å². The quantitative estimate of drug-likeness (QED) is 0.606. The first kappa shape index (κ1) is 21.7. The normalized spacial score (nSPS) is 15.0. The average molecular weight is 438 g/mol. The molecule has 0 spiro atoms. The zero-order valence-corrected chi connectivity index (χ0v) is 19.5. The van der Waals surface area contributed by atoms with E-state index in [2.05, 4.69) is 67.4 Å². The van der Waals surface area contributed by atoms with E-state index in [-0.39, 0.29) is 18.0 Å². The van der Waals surface area contributed by atoms with Gasteiger partial charge >= 0.3 is 0 Å². The summed E-state index contributed by atoms with van der Waals surface area (Å²) in [6.45, 7) is 10.5. The molecule has 0 saturated carbocycles. The third-order valence-electron chi connectivity index (χ3n) is 5.87. The molecule has 0 atom stereocenters. The van der Waals surface area contributed by atoms with E-state index in [1.165, 1.54) is 16.9 Å². The molecule has 3 heterocycles. The van der Waals surface area contributed by atoms with Crippen molar-refractivity contribution in [3.05, 3.63) is 53.3 Å². The minimum atomic E-state index is 0.0288. The molecule has 164 valence electrons. The molecule has 1 fully saturated rings. The van der Waals surface area contributed by atoms with Gasteiger partial charge in [-0.2, -0.15) is 5.10 Å². The minimum Gasteiger partial charge on any atom is -0.332 e. The predicted molar refractivity (Wildman–Crippen MR) is 126 cm³/mol. The Hall–Kier alpha value is -2.51. The maximum atomic E-state index is 13.3. The number of nitrogens with one attached hydrogen (secondary N) is 1. The SMILES string of the molecule is CC(C)c1ccc(-n2cc(-c3nc(C(=O)N(C(C)C)C4CCNCC4)cs3)cn2)cc1. The lowest BCUT2D eigenvalue weighted by Gasteiger charge is -2.37. The van der Waals surface area contributed by atoms with Gasteiger partial charge < -0.3 is 10.2 Å². The molecule has 0 unspecified atom stereocenters. The molecule has 4 rings (SSSR count). The van der Waals surface area contributed by atoms with Crippen LogP contribution in [0.5, 0.6) is 0 Å². The highest BCUT2D eigenvalue weighted by molar-refractivity contribution is 7.13. The second-order valence-electron chi connectivity index (χ2n) is 8.75. The zero-order chi connectivity index (χ0) is 22.0. The molecule has 1 aromatic carbocycles. The summed E-state index contributed by atoms with van der Waals surface area (Å²) in [5, 5.41) is 10.6. The van der Waals surface area contributed by atoms with Gasteiger partial charge in [0.15, 0.2) is 0 Å². The molecule has 0 radical (unpaired) electrons. The lowest BCUT2D eigenvalue weighted by atomic mass is 10.0. The number of hydrogen-bond acceptors (Lipinski definition) is 5. The fraction of sp³-hybridized carbons (Fsp3) is 0.458. The van der Waals surface area contributed by atoms with Crippen LogP contribution >= 0.6 is 11.3 Å². The number of piperidine rings is 1. The van der Waals surface area contributed by atoms with Crippen molar-refractivity contribution in [3.63, 3.8) is 0 Å². The molecule has 7 heteroatoms. The van der Waals surface area contributed by atoms with Crippen LogP contribution in [0.3, 0.4) is 0 Å². The van der Waals surface area contributed by atoms with Crippen LogP contribution in [-0.4, -0.2) is 50.7 Å². The summed E-state index contributed by atoms with van der Waals surface area (Å²) in [7, 11) is 0. The summed E-state index contributed by atoms with van der Waals surface area (Å²) in [4.78, 5) is 20.0. The first-order valence-corrected chi connectivity index (χ1v) is 12.0. The van der Waals surface area contributed by atoms with Crippen molar-refractivity contribution in [1.82, 2.24) is 25.0 Å². The highest BCUT2D eigenvalue weighted by atomic mass is 32.1. The number of nitrogens with zero attached hydrogens (tertiary/aromatic N) is 4. The van der Waals surface area contributed by atoms with Crippen LogP contribution < -0.4 is 5.32 Å². The number of thiazole rings is 1. The molecule has 1 aliphatic rings. The predicted octanol–water partition coefficient (Wildman–Crippen LogP) is 4.72. The van der Waals surface area contributed by atoms with Gasteiger partial charge in [-0.05, 0) is 63.4 Å². The Balaban J connectivity index is 1.52. The number of benzene rings is 1. The van der Waals surface area contributed by atoms with Crippen molar-refractivity contribution in [2.75, 3.05) is 13.1 Å². The van der Waals surface area contributed by atoms with E-state index in [1.807, 2.05) is 27.4 Å². The summed E-state index contributed by atoms with van der Waals surface area (Å²) in [6, 6.07) is 8.88. The van der Waals surface area contributed by atoms with E-state index in [9.17, 15) is 4.79 Å². The van der Waals surface area contributed by atoms with Crippen molar-refractivity contribution in [2.45, 2.75) is 58.5 Å². The van der Waals surface area contributed by atoms with Crippen LogP contribution in [0.1, 0.15) is 62.5 Å². The molecular weight excluding hydrogens is 406 g/mol. The van der Waals surface area contributed by atoms with Gasteiger partial charge in [0.25, 0.3) is 5.91 Å². The molecule has 31 heavy (non-hydrogen) atoms. The van der Waals surface area contributed by atoms with Gasteiger partial charge in [-0.15, -0.1) is 11.3 Å². The van der Waals surface area contributed by atoms with Crippen LogP contribution in [0.25, 0.3) is 16.3 Å². The molecule has 0 bridgehead atoms. The molecule has 3 aromatic rings. The smallest absolute Gasteiger partial charge is 0.273 e. The van der Waals surface area contributed by atoms with Crippen molar-refractivity contribution in [2.24, 2.45) is 0 Å². The summed E-state index contributed by atoms with van der Waals surface area (Å²) in [5.41, 5.74) is 3.78. The summed E-state index contributed by atoms with van der Waals surface area (Å²) < 4.78 is 1.86. The summed E-state index contributed by atoms with van der Waals surface area (Å²) >= 11 is 1.50. The van der Waals surface area contributed by atoms with Gasteiger partial charge in [0, 0.05) is 29.2 Å². The summed E-state index contributed by atoms with van der Waals surface area (Å²) in [6.07, 6.45) is 5.77. The van der Waals surface area contributed by atoms with Crippen LogP contribution in [0, 0.1) is 0 Å². The standard InChI is InChI=1S/C24H31N5OS/c1-16(2)18-5-7-20(8-6-18)28-14-19(13-26-28)23-27-22(15-31-23)24(30)29(17(3)4)21-9-11-25-12-10-21/h5-8,13-17,21,25H,9-12H2,1-4H3. The average Bonchev–Trinajstić information content (AvgIpc) is 3.44. The molecule has 2 aromatic heterocycles. The number of carbonyl (C=O) groups excluding carboxylic acids is 1. The Morgan fingerprint density at radius 3 is 2.52 bits per heavy atom. The monoisotopic (exact) mass is 437 g/mol. The number of carbonyl (C=O) groups is 1. The molecule has 1 aliphatic heterocycles. The molecule has 1 N–H and O–H groups in total. The number of aromatic nitrogens is 3. The fourth-order valence-corrected chi connectivity index (χ4v) is 4.90. The van der Waals surface area contributed by atoms with Crippen LogP contribution in [0.2, 0.25) is 0 Å². The van der Waals surface area contributed by atoms with Crippen LogP contribution in [-0.2, 0) is 0 Å². The van der Waals surface area contributed by atoms with E-state index < -0.39 is 0 Å². The van der Waals surface area contributed by atoms with Gasteiger partial charge in [0.05, 0.1) is 11.9 Å². The van der Waals surface area contributed by atoms with Gasteiger partial charge in [-0.1, -0.05) is 26.0 Å². The van der Waals surface area contributed by atoms with E-state index in [4.69, 9.17) is 0 Å². The zero-order valence-electron chi connectivity index (χ0n) is 18.7. The van der Waals surface area contributed by atoms with Gasteiger partial charge in [-0.25, -0.2) is 9.67 Å². The topological polar surface area (TPSA) is 63.1 Å². The number of hydrogen-bond donors (Lipinski definition) is 1. The Kier molecular flexibility index (Phi) is 6.53. The van der Waals surface area contributed by atoms with E-state index >= 15 is 0 Å². The van der Waals surface area contributed by atoms with Gasteiger partial charge in [0.2, 0.25) is 0 Å². The highest BCUT2D eigenvalue weighted by Crippen LogP contribution is 2.27. The third kappa shape index (κ3) is 4.72. The highest BCUT2D eigenvalue weighted by Gasteiger charge is 2.29. The number of rotatable bonds is 6. The number of amides is 1. The van der Waals surface area contributed by atoms with E-state index in [1.54, 1.807) is 0 Å². The molecule has 6 nitrogen and oxygen atoms in total. The summed E-state index contributed by atoms with van der Waals surface area (Å²) in [5.74, 6) is 0.532. The maximum Gasteiger partial charge on any atom is 0.273 e. The Morgan fingerprint density at radius 1 is 1.16 bits per heavy atom. The van der Waals surface area contributed by atoms with E-state index in [0.29, 0.717) is 11.6 Å². The molecule has 0 aliphatic carbocycles. The maximum absolute atomic E-state index is 13.3. The van der Waals surface area contributed by atoms with Crippen molar-refractivity contribution in [3.8, 4) is 16.3 Å². The molecule has 1 saturated heterocycles. The first-order valence-electron chi connectivity index (χ1n) is 11.1. The largest absolute Gasteiger partial charge is 0.332 e. The van der Waals surface area contributed by atoms with Gasteiger partial charge in [-0.3, -0.25) is 4.79 Å². The minimum absolute atomic E-state index is 0.0288. The van der Waals surface area contributed by atoms with Crippen molar-refractivity contribution >= 4 is 17.2 Å². The molecular formula is C24H31N5OS. The Bertz CT molecular complexity index is 1010. The fourth-order valence-electron chi connectivity index (χ4n) is 4.13. The first-order chi connectivity index (χ1) is 14.9. The Labute approximate surface area is 188 Å². The lowest BCUT2D eigenvalue weighted by molar-refractivity contribution is 0.0560.